The van der Waals surface area contributed by atoms with Gasteiger partial charge in [0.05, 0.1) is 11.7 Å². The Morgan fingerprint density at radius 2 is 2.31 bits per heavy atom. The number of hydrogen-bond donors (Lipinski definition) is 3. The second kappa shape index (κ2) is 5.45. The highest BCUT2D eigenvalue weighted by Crippen LogP contribution is 2.11. The summed E-state index contributed by atoms with van der Waals surface area (Å²) in [4.78, 5) is 4.20. The topological polar surface area (TPSA) is 95.0 Å². The van der Waals surface area contributed by atoms with E-state index < -0.39 is 6.10 Å². The van der Waals surface area contributed by atoms with Crippen molar-refractivity contribution in [1.29, 1.82) is 5.26 Å². The minimum Gasteiger partial charge on any atom is -0.392 e. The van der Waals surface area contributed by atoms with Crippen LogP contribution in [0.15, 0.2) is 12.1 Å². The lowest BCUT2D eigenvalue weighted by Crippen LogP contribution is -2.38. The molecule has 0 aliphatic heterocycles. The molecule has 5 heteroatoms. The van der Waals surface area contributed by atoms with Crippen LogP contribution in [0.5, 0.6) is 0 Å². The summed E-state index contributed by atoms with van der Waals surface area (Å²) in [6.07, 6.45) is -0.595. The lowest BCUT2D eigenvalue weighted by molar-refractivity contribution is 0.168. The molecule has 0 aliphatic carbocycles. The minimum absolute atomic E-state index is 0.378. The molecule has 86 valence electrons. The molecule has 0 radical (unpaired) electrons. The second-order valence-electron chi connectivity index (χ2n) is 3.75. The highest BCUT2D eigenvalue weighted by molar-refractivity contribution is 5.52. The van der Waals surface area contributed by atoms with E-state index in [1.807, 2.05) is 13.0 Å². The zero-order valence-electron chi connectivity index (χ0n) is 9.44. The Hall–Kier alpha value is -1.64. The van der Waals surface area contributed by atoms with Gasteiger partial charge in [-0.25, -0.2) is 4.98 Å². The van der Waals surface area contributed by atoms with Crippen molar-refractivity contribution < 1.29 is 5.11 Å². The number of rotatable bonds is 4. The number of pyridine rings is 1. The first-order valence-corrected chi connectivity index (χ1v) is 5.10. The number of nitrogens with zero attached hydrogens (tertiary/aromatic N) is 2. The number of nitrogens with one attached hydrogen (secondary N) is 1. The number of aliphatic hydroxyl groups excluding tert-OH is 1. The van der Waals surface area contributed by atoms with Crippen LogP contribution in [0, 0.1) is 18.3 Å². The van der Waals surface area contributed by atoms with Gasteiger partial charge < -0.3 is 16.2 Å². The third-order valence-corrected chi connectivity index (χ3v) is 2.28. The monoisotopic (exact) mass is 220 g/mol. The minimum atomic E-state index is -0.595. The smallest absolute Gasteiger partial charge is 0.144 e. The first-order chi connectivity index (χ1) is 7.54. The predicted molar refractivity (Wildman–Crippen MR) is 61.8 cm³/mol. The van der Waals surface area contributed by atoms with Crippen molar-refractivity contribution in [3.05, 3.63) is 23.4 Å². The molecule has 1 heterocycles. The Bertz CT molecular complexity index is 397. The van der Waals surface area contributed by atoms with Crippen molar-refractivity contribution in [2.75, 3.05) is 11.9 Å². The number of hydrogen-bond acceptors (Lipinski definition) is 5. The van der Waals surface area contributed by atoms with Crippen molar-refractivity contribution in [2.24, 2.45) is 5.73 Å². The molecule has 5 nitrogen and oxygen atoms in total. The van der Waals surface area contributed by atoms with Crippen molar-refractivity contribution in [1.82, 2.24) is 4.98 Å². The molecule has 1 rings (SSSR count). The summed E-state index contributed by atoms with van der Waals surface area (Å²) >= 11 is 0. The molecule has 4 N–H and O–H groups in total. The average Bonchev–Trinajstić information content (AvgIpc) is 2.25. The van der Waals surface area contributed by atoms with Crippen LogP contribution in [0.1, 0.15) is 18.2 Å². The van der Waals surface area contributed by atoms with Crippen molar-refractivity contribution in [3.8, 4) is 6.07 Å². The molecule has 1 aromatic rings. The highest BCUT2D eigenvalue weighted by Gasteiger charge is 2.10. The molecule has 0 spiro atoms. The van der Waals surface area contributed by atoms with Gasteiger partial charge in [0, 0.05) is 18.3 Å². The third-order valence-electron chi connectivity index (χ3n) is 2.28. The number of nitrogens with two attached hydrogens (primary N) is 1. The van der Waals surface area contributed by atoms with Gasteiger partial charge in [0.25, 0.3) is 0 Å². The standard InChI is InChI=1S/C11H16N4O/c1-7-3-4-9(5-12)11(15-7)14-6-10(13)8(2)16/h3-4,8,10,16H,6,13H2,1-2H3,(H,14,15). The molecular weight excluding hydrogens is 204 g/mol. The highest BCUT2D eigenvalue weighted by atomic mass is 16.3. The van der Waals surface area contributed by atoms with E-state index in [2.05, 4.69) is 10.3 Å². The Kier molecular flexibility index (Phi) is 4.23. The fraction of sp³-hybridized carbons (Fsp3) is 0.455. The van der Waals surface area contributed by atoms with E-state index >= 15 is 0 Å². The van der Waals surface area contributed by atoms with Crippen LogP contribution in [-0.4, -0.2) is 28.8 Å². The summed E-state index contributed by atoms with van der Waals surface area (Å²) < 4.78 is 0. The lowest BCUT2D eigenvalue weighted by Gasteiger charge is -2.16. The number of aromatic nitrogens is 1. The Morgan fingerprint density at radius 3 is 2.88 bits per heavy atom. The molecule has 1 aromatic heterocycles. The summed E-state index contributed by atoms with van der Waals surface area (Å²) in [6.45, 7) is 3.85. The summed E-state index contributed by atoms with van der Waals surface area (Å²) in [7, 11) is 0. The largest absolute Gasteiger partial charge is 0.392 e. The SMILES string of the molecule is Cc1ccc(C#N)c(NCC(N)C(C)O)n1. The Balaban J connectivity index is 2.73. The Morgan fingerprint density at radius 1 is 1.62 bits per heavy atom. The van der Waals surface area contributed by atoms with Crippen molar-refractivity contribution in [2.45, 2.75) is 26.0 Å². The first-order valence-electron chi connectivity index (χ1n) is 5.10. The molecule has 0 saturated carbocycles. The van der Waals surface area contributed by atoms with Gasteiger partial charge in [0.15, 0.2) is 0 Å². The summed E-state index contributed by atoms with van der Waals surface area (Å²) in [6, 6.07) is 5.15. The van der Waals surface area contributed by atoms with Crippen LogP contribution in [0.2, 0.25) is 0 Å². The molecule has 2 atom stereocenters. The maximum absolute atomic E-state index is 9.23. The normalized spacial score (nSPS) is 13.9. The maximum atomic E-state index is 9.23. The molecule has 2 unspecified atom stereocenters. The molecular formula is C11H16N4O. The van der Waals surface area contributed by atoms with E-state index in [-0.39, 0.29) is 6.04 Å². The zero-order chi connectivity index (χ0) is 12.1. The number of aliphatic hydroxyl groups is 1. The fourth-order valence-corrected chi connectivity index (χ4v) is 1.17. The van der Waals surface area contributed by atoms with E-state index in [1.54, 1.807) is 19.1 Å². The second-order valence-corrected chi connectivity index (χ2v) is 3.75. The van der Waals surface area contributed by atoms with Crippen molar-refractivity contribution in [3.63, 3.8) is 0 Å². The summed E-state index contributed by atoms with van der Waals surface area (Å²) in [5, 5.41) is 21.1. The lowest BCUT2D eigenvalue weighted by atomic mass is 10.2. The van der Waals surface area contributed by atoms with Crippen molar-refractivity contribution >= 4 is 5.82 Å². The van der Waals surface area contributed by atoms with Crippen LogP contribution < -0.4 is 11.1 Å². The molecule has 0 amide bonds. The van der Waals surface area contributed by atoms with Gasteiger partial charge in [-0.2, -0.15) is 5.26 Å². The molecule has 0 aliphatic rings. The third kappa shape index (κ3) is 3.19. The number of aryl methyl sites for hydroxylation is 1. The first kappa shape index (κ1) is 12.4. The molecule has 0 aromatic carbocycles. The number of nitriles is 1. The predicted octanol–water partition coefficient (Wildman–Crippen LogP) is 0.382. The fourth-order valence-electron chi connectivity index (χ4n) is 1.17. The van der Waals surface area contributed by atoms with Gasteiger partial charge in [-0.05, 0) is 26.0 Å². The van der Waals surface area contributed by atoms with Gasteiger partial charge in [-0.3, -0.25) is 0 Å². The average molecular weight is 220 g/mol. The van der Waals surface area contributed by atoms with Gasteiger partial charge in [-0.15, -0.1) is 0 Å². The molecule has 0 bridgehead atoms. The van der Waals surface area contributed by atoms with Gasteiger partial charge in [-0.1, -0.05) is 0 Å². The molecule has 16 heavy (non-hydrogen) atoms. The van der Waals surface area contributed by atoms with E-state index in [1.165, 1.54) is 0 Å². The zero-order valence-corrected chi connectivity index (χ0v) is 9.44. The molecule has 0 saturated heterocycles. The van der Waals surface area contributed by atoms with Gasteiger partial charge in [0.2, 0.25) is 0 Å². The van der Waals surface area contributed by atoms with E-state index in [4.69, 9.17) is 11.0 Å². The molecule has 0 fully saturated rings. The summed E-state index contributed by atoms with van der Waals surface area (Å²) in [5.41, 5.74) is 6.97. The number of anilines is 1. The van der Waals surface area contributed by atoms with Crippen LogP contribution >= 0.6 is 0 Å². The van der Waals surface area contributed by atoms with Crippen LogP contribution in [-0.2, 0) is 0 Å². The van der Waals surface area contributed by atoms with Crippen LogP contribution in [0.25, 0.3) is 0 Å². The quantitative estimate of drug-likeness (QED) is 0.682. The van der Waals surface area contributed by atoms with Crippen LogP contribution in [0.3, 0.4) is 0 Å². The van der Waals surface area contributed by atoms with E-state index in [9.17, 15) is 5.11 Å². The summed E-state index contributed by atoms with van der Waals surface area (Å²) in [5.74, 6) is 0.513. The van der Waals surface area contributed by atoms with Gasteiger partial charge >= 0.3 is 0 Å². The van der Waals surface area contributed by atoms with Crippen LogP contribution in [0.4, 0.5) is 5.82 Å². The maximum Gasteiger partial charge on any atom is 0.144 e. The van der Waals surface area contributed by atoms with E-state index in [0.717, 1.165) is 5.69 Å². The van der Waals surface area contributed by atoms with E-state index in [0.29, 0.717) is 17.9 Å². The van der Waals surface area contributed by atoms with Gasteiger partial charge in [0.1, 0.15) is 11.9 Å². The Labute approximate surface area is 94.9 Å².